The molecule has 0 amide bonds. The van der Waals surface area contributed by atoms with E-state index in [2.05, 4.69) is 34.7 Å². The second kappa shape index (κ2) is 10.9. The highest BCUT2D eigenvalue weighted by molar-refractivity contribution is 5.88. The topological polar surface area (TPSA) is 73.0 Å². The van der Waals surface area contributed by atoms with Crippen LogP contribution in [0.4, 0.5) is 5.69 Å². The number of aryl methyl sites for hydroxylation is 1. The van der Waals surface area contributed by atoms with Gasteiger partial charge in [-0.1, -0.05) is 90.1 Å². The minimum Gasteiger partial charge on any atom is -0.430 e. The number of nitrogens with zero attached hydrogens (tertiary/aromatic N) is 3. The summed E-state index contributed by atoms with van der Waals surface area (Å²) < 4.78 is 7.07. The minimum absolute atomic E-state index is 0.342. The fourth-order valence-corrected chi connectivity index (χ4v) is 3.70. The van der Waals surface area contributed by atoms with Crippen molar-refractivity contribution in [3.05, 3.63) is 125 Å². The van der Waals surface area contributed by atoms with Crippen LogP contribution in [0.5, 0.6) is 0 Å². The van der Waals surface area contributed by atoms with Crippen molar-refractivity contribution in [1.29, 1.82) is 0 Å². The monoisotopic (exact) mass is 450 g/mol. The van der Waals surface area contributed by atoms with E-state index in [4.69, 9.17) is 4.42 Å². The Morgan fingerprint density at radius 3 is 2.15 bits per heavy atom. The molecule has 6 heteroatoms. The summed E-state index contributed by atoms with van der Waals surface area (Å²) in [5.74, 6) is 0. The molecule has 34 heavy (non-hydrogen) atoms. The fraction of sp³-hybridized carbons (Fsp3) is 0.107. The largest absolute Gasteiger partial charge is 0.430 e. The Morgan fingerprint density at radius 1 is 0.882 bits per heavy atom. The lowest BCUT2D eigenvalue weighted by atomic mass is 9.99. The van der Waals surface area contributed by atoms with E-state index < -0.39 is 0 Å². The van der Waals surface area contributed by atoms with Gasteiger partial charge in [0.1, 0.15) is 6.26 Å². The summed E-state index contributed by atoms with van der Waals surface area (Å²) in [6, 6.07) is 27.7. The maximum absolute atomic E-state index is 12.2. The van der Waals surface area contributed by atoms with Crippen LogP contribution in [0.3, 0.4) is 0 Å². The van der Waals surface area contributed by atoms with Gasteiger partial charge in [0.05, 0.1) is 24.0 Å². The van der Waals surface area contributed by atoms with Crippen molar-refractivity contribution in [1.82, 2.24) is 15.0 Å². The fourth-order valence-electron chi connectivity index (χ4n) is 3.70. The van der Waals surface area contributed by atoms with Crippen molar-refractivity contribution in [2.45, 2.75) is 13.5 Å². The van der Waals surface area contributed by atoms with E-state index in [0.717, 1.165) is 28.9 Å². The van der Waals surface area contributed by atoms with E-state index in [9.17, 15) is 4.79 Å². The second-order valence-electron chi connectivity index (χ2n) is 7.70. The van der Waals surface area contributed by atoms with Gasteiger partial charge in [-0.05, 0) is 29.2 Å². The molecule has 2 heterocycles. The first kappa shape index (κ1) is 22.7. The molecule has 170 valence electrons. The standard InChI is InChI=1S/C18H15NO2.C10H11N3/c1-19-17-15(13-8-4-2-5-9-13)12-21-18(20)16(17)14-10-6-3-7-11-14;1-9-4-2-3-5-10(9)8-13-7-6-11-12-13/h2-12,19H,1H3;2-7H,8H2,1H3. The van der Waals surface area contributed by atoms with Gasteiger partial charge < -0.3 is 9.73 Å². The summed E-state index contributed by atoms with van der Waals surface area (Å²) in [5, 5.41) is 10.8. The molecular formula is C28H26N4O2. The number of hydrogen-bond donors (Lipinski definition) is 1. The first-order valence-electron chi connectivity index (χ1n) is 11.0. The first-order chi connectivity index (χ1) is 16.7. The Bertz CT molecular complexity index is 1380. The molecule has 0 spiro atoms. The molecule has 0 aliphatic carbocycles. The summed E-state index contributed by atoms with van der Waals surface area (Å²) in [7, 11) is 1.81. The third-order valence-corrected chi connectivity index (χ3v) is 5.47. The van der Waals surface area contributed by atoms with Gasteiger partial charge in [0, 0.05) is 18.8 Å². The van der Waals surface area contributed by atoms with Crippen molar-refractivity contribution in [2.24, 2.45) is 0 Å². The maximum atomic E-state index is 12.2. The smallest absolute Gasteiger partial charge is 0.345 e. The SMILES string of the molecule is CNc1c(-c2ccccc2)coc(=O)c1-c1ccccc1.Cc1ccccc1Cn1ccnn1. The molecule has 0 aliphatic heterocycles. The Labute approximate surface area is 198 Å². The quantitative estimate of drug-likeness (QED) is 0.375. The van der Waals surface area contributed by atoms with Gasteiger partial charge >= 0.3 is 5.63 Å². The Balaban J connectivity index is 0.000000180. The molecular weight excluding hydrogens is 424 g/mol. The highest BCUT2D eigenvalue weighted by Gasteiger charge is 2.16. The minimum atomic E-state index is -0.342. The van der Waals surface area contributed by atoms with Gasteiger partial charge in [-0.25, -0.2) is 9.48 Å². The lowest BCUT2D eigenvalue weighted by Gasteiger charge is -2.13. The number of aromatic nitrogens is 3. The van der Waals surface area contributed by atoms with Crippen LogP contribution in [-0.4, -0.2) is 22.0 Å². The zero-order valence-corrected chi connectivity index (χ0v) is 19.2. The average molecular weight is 451 g/mol. The zero-order chi connectivity index (χ0) is 23.8. The molecule has 0 aliphatic rings. The molecule has 0 atom stereocenters. The first-order valence-corrected chi connectivity index (χ1v) is 11.0. The van der Waals surface area contributed by atoms with Crippen LogP contribution in [0.25, 0.3) is 22.3 Å². The van der Waals surface area contributed by atoms with Crippen LogP contribution >= 0.6 is 0 Å². The molecule has 1 N–H and O–H groups in total. The molecule has 6 nitrogen and oxygen atoms in total. The van der Waals surface area contributed by atoms with Gasteiger partial charge in [0.25, 0.3) is 0 Å². The highest BCUT2D eigenvalue weighted by Crippen LogP contribution is 2.34. The van der Waals surface area contributed by atoms with E-state index in [0.29, 0.717) is 5.56 Å². The summed E-state index contributed by atoms with van der Waals surface area (Å²) in [5.41, 5.74) is 6.28. The van der Waals surface area contributed by atoms with Crippen molar-refractivity contribution < 1.29 is 4.42 Å². The summed E-state index contributed by atoms with van der Waals surface area (Å²) >= 11 is 0. The molecule has 0 saturated carbocycles. The molecule has 5 rings (SSSR count). The number of nitrogens with one attached hydrogen (secondary N) is 1. The predicted octanol–water partition coefficient (Wildman–Crippen LogP) is 5.65. The molecule has 0 saturated heterocycles. The van der Waals surface area contributed by atoms with Gasteiger partial charge in [-0.15, -0.1) is 5.10 Å². The van der Waals surface area contributed by atoms with Crippen molar-refractivity contribution in [2.75, 3.05) is 12.4 Å². The van der Waals surface area contributed by atoms with Gasteiger partial charge in [0.2, 0.25) is 0 Å². The number of anilines is 1. The lowest BCUT2D eigenvalue weighted by molar-refractivity contribution is 0.515. The van der Waals surface area contributed by atoms with Crippen LogP contribution in [0.15, 0.2) is 113 Å². The lowest BCUT2D eigenvalue weighted by Crippen LogP contribution is -2.08. The maximum Gasteiger partial charge on any atom is 0.345 e. The third-order valence-electron chi connectivity index (χ3n) is 5.47. The van der Waals surface area contributed by atoms with Gasteiger partial charge in [-0.3, -0.25) is 0 Å². The highest BCUT2D eigenvalue weighted by atomic mass is 16.4. The van der Waals surface area contributed by atoms with Crippen molar-refractivity contribution in [3.8, 4) is 22.3 Å². The molecule has 0 unspecified atom stereocenters. The van der Waals surface area contributed by atoms with E-state index in [1.165, 1.54) is 17.4 Å². The number of hydrogen-bond acceptors (Lipinski definition) is 5. The molecule has 0 radical (unpaired) electrons. The van der Waals surface area contributed by atoms with Gasteiger partial charge in [0.15, 0.2) is 0 Å². The zero-order valence-electron chi connectivity index (χ0n) is 19.2. The van der Waals surface area contributed by atoms with E-state index in [1.807, 2.05) is 90.7 Å². The molecule has 0 fully saturated rings. The van der Waals surface area contributed by atoms with Crippen LogP contribution < -0.4 is 10.9 Å². The van der Waals surface area contributed by atoms with Crippen LogP contribution in [-0.2, 0) is 6.54 Å². The van der Waals surface area contributed by atoms with E-state index in [-0.39, 0.29) is 5.63 Å². The van der Waals surface area contributed by atoms with Crippen molar-refractivity contribution >= 4 is 5.69 Å². The van der Waals surface area contributed by atoms with Crippen molar-refractivity contribution in [3.63, 3.8) is 0 Å². The normalized spacial score (nSPS) is 10.3. The number of benzene rings is 3. The van der Waals surface area contributed by atoms with Crippen LogP contribution in [0.2, 0.25) is 0 Å². The molecule has 0 bridgehead atoms. The summed E-state index contributed by atoms with van der Waals surface area (Å²) in [4.78, 5) is 12.2. The van der Waals surface area contributed by atoms with E-state index >= 15 is 0 Å². The number of rotatable bonds is 5. The average Bonchev–Trinajstić information content (AvgIpc) is 3.40. The van der Waals surface area contributed by atoms with Gasteiger partial charge in [-0.2, -0.15) is 0 Å². The molecule has 3 aromatic carbocycles. The van der Waals surface area contributed by atoms with Crippen LogP contribution in [0.1, 0.15) is 11.1 Å². The van der Waals surface area contributed by atoms with Crippen LogP contribution in [0, 0.1) is 6.92 Å². The summed E-state index contributed by atoms with van der Waals surface area (Å²) in [6.45, 7) is 2.90. The summed E-state index contributed by atoms with van der Waals surface area (Å²) in [6.07, 6.45) is 5.07. The molecule has 5 aromatic rings. The van der Waals surface area contributed by atoms with E-state index in [1.54, 1.807) is 6.20 Å². The molecule has 2 aromatic heterocycles. The Kier molecular flexibility index (Phi) is 7.30. The second-order valence-corrected chi connectivity index (χ2v) is 7.70. The Hall–Kier alpha value is -4.45. The Morgan fingerprint density at radius 2 is 1.53 bits per heavy atom. The third kappa shape index (κ3) is 5.30. The predicted molar refractivity (Wildman–Crippen MR) is 136 cm³/mol.